The maximum absolute atomic E-state index is 12.4. The van der Waals surface area contributed by atoms with E-state index in [-0.39, 0.29) is 25.1 Å². The third kappa shape index (κ3) is 2.05. The van der Waals surface area contributed by atoms with Crippen molar-refractivity contribution in [2.75, 3.05) is 7.11 Å². The maximum Gasteiger partial charge on any atom is 0.332 e. The Morgan fingerprint density at radius 3 is 2.77 bits per heavy atom. The van der Waals surface area contributed by atoms with Gasteiger partial charge in [-0.3, -0.25) is 18.7 Å². The van der Waals surface area contributed by atoms with Gasteiger partial charge < -0.3 is 14.0 Å². The van der Waals surface area contributed by atoms with Gasteiger partial charge in [0.15, 0.2) is 11.2 Å². The molecular formula is C13H16N4O5. The Morgan fingerprint density at radius 2 is 2.09 bits per heavy atom. The zero-order valence-electron chi connectivity index (χ0n) is 12.5. The highest BCUT2D eigenvalue weighted by molar-refractivity contribution is 5.72. The third-order valence-electron chi connectivity index (χ3n) is 3.88. The van der Waals surface area contributed by atoms with Crippen molar-refractivity contribution in [1.82, 2.24) is 18.7 Å². The van der Waals surface area contributed by atoms with Crippen LogP contribution in [0.3, 0.4) is 0 Å². The quantitative estimate of drug-likeness (QED) is 0.653. The van der Waals surface area contributed by atoms with Gasteiger partial charge in [-0.1, -0.05) is 0 Å². The zero-order chi connectivity index (χ0) is 16.0. The summed E-state index contributed by atoms with van der Waals surface area (Å²) in [6.07, 6.45) is -0.291. The maximum atomic E-state index is 12.4. The van der Waals surface area contributed by atoms with Gasteiger partial charge in [0.05, 0.1) is 26.2 Å². The molecule has 118 valence electrons. The molecule has 0 saturated heterocycles. The molecular weight excluding hydrogens is 292 g/mol. The number of ether oxygens (including phenoxy) is 2. The molecule has 0 aromatic carbocycles. The Bertz CT molecular complexity index is 875. The van der Waals surface area contributed by atoms with Crippen molar-refractivity contribution < 1.29 is 14.3 Å². The molecule has 2 aromatic rings. The number of esters is 1. The first kappa shape index (κ1) is 14.5. The Labute approximate surface area is 124 Å². The fourth-order valence-electron chi connectivity index (χ4n) is 2.64. The molecule has 1 aliphatic heterocycles. The monoisotopic (exact) mass is 308 g/mol. The van der Waals surface area contributed by atoms with Gasteiger partial charge in [0.2, 0.25) is 0 Å². The molecule has 0 aliphatic carbocycles. The van der Waals surface area contributed by atoms with Crippen molar-refractivity contribution in [2.45, 2.75) is 25.7 Å². The van der Waals surface area contributed by atoms with E-state index >= 15 is 0 Å². The van der Waals surface area contributed by atoms with Gasteiger partial charge in [0.1, 0.15) is 12.4 Å². The molecule has 1 aliphatic rings. The molecule has 9 heteroatoms. The van der Waals surface area contributed by atoms with E-state index < -0.39 is 11.2 Å². The highest BCUT2D eigenvalue weighted by Gasteiger charge is 2.27. The van der Waals surface area contributed by atoms with E-state index in [4.69, 9.17) is 4.74 Å². The van der Waals surface area contributed by atoms with Crippen LogP contribution in [0.5, 0.6) is 0 Å². The lowest BCUT2D eigenvalue weighted by Gasteiger charge is -2.23. The third-order valence-corrected chi connectivity index (χ3v) is 3.88. The van der Waals surface area contributed by atoms with Crippen molar-refractivity contribution in [3.63, 3.8) is 0 Å². The summed E-state index contributed by atoms with van der Waals surface area (Å²) >= 11 is 0. The van der Waals surface area contributed by atoms with Gasteiger partial charge in [-0.25, -0.2) is 9.78 Å². The van der Waals surface area contributed by atoms with Crippen LogP contribution in [-0.2, 0) is 41.5 Å². The summed E-state index contributed by atoms with van der Waals surface area (Å²) < 4.78 is 14.3. The van der Waals surface area contributed by atoms with E-state index in [2.05, 4.69) is 9.72 Å². The number of hydrogen-bond donors (Lipinski definition) is 0. The lowest BCUT2D eigenvalue weighted by Crippen LogP contribution is -2.38. The van der Waals surface area contributed by atoms with Crippen molar-refractivity contribution in [1.29, 1.82) is 0 Å². The summed E-state index contributed by atoms with van der Waals surface area (Å²) in [5, 5.41) is 0. The normalized spacial score (nSPS) is 17.5. The second kappa shape index (κ2) is 5.09. The highest BCUT2D eigenvalue weighted by Crippen LogP contribution is 2.20. The molecule has 0 amide bonds. The zero-order valence-corrected chi connectivity index (χ0v) is 12.5. The lowest BCUT2D eigenvalue weighted by molar-refractivity contribution is -0.145. The SMILES string of the molecule is COC(=O)CC1Cn2c(nc3c2c(=O)n(C)c(=O)n3C)CO1. The van der Waals surface area contributed by atoms with E-state index in [1.54, 1.807) is 11.6 Å². The second-order valence-corrected chi connectivity index (χ2v) is 5.23. The van der Waals surface area contributed by atoms with Gasteiger partial charge in [0, 0.05) is 14.1 Å². The van der Waals surface area contributed by atoms with Gasteiger partial charge in [-0.05, 0) is 0 Å². The first-order chi connectivity index (χ1) is 10.4. The molecule has 22 heavy (non-hydrogen) atoms. The largest absolute Gasteiger partial charge is 0.469 e. The average Bonchev–Trinajstić information content (AvgIpc) is 2.89. The Hall–Kier alpha value is -2.42. The standard InChI is InChI=1S/C13H16N4O5/c1-15-11-10(12(19)16(2)13(15)20)17-5-7(4-9(18)21-3)22-6-8(17)14-11/h7H,4-6H2,1-3H3. The Balaban J connectivity index is 2.13. The van der Waals surface area contributed by atoms with Crippen molar-refractivity contribution in [3.8, 4) is 0 Å². The first-order valence-electron chi connectivity index (χ1n) is 6.77. The Kier molecular flexibility index (Phi) is 3.36. The fraction of sp³-hybridized carbons (Fsp3) is 0.538. The second-order valence-electron chi connectivity index (χ2n) is 5.23. The molecule has 2 aromatic heterocycles. The number of imidazole rings is 1. The van der Waals surface area contributed by atoms with E-state index in [9.17, 15) is 14.4 Å². The summed E-state index contributed by atoms with van der Waals surface area (Å²) in [5.41, 5.74) is -0.168. The number of hydrogen-bond acceptors (Lipinski definition) is 6. The van der Waals surface area contributed by atoms with Crippen LogP contribution in [0.15, 0.2) is 9.59 Å². The smallest absolute Gasteiger partial charge is 0.332 e. The molecule has 0 spiro atoms. The number of carbonyl (C=O) groups is 1. The molecule has 9 nitrogen and oxygen atoms in total. The Morgan fingerprint density at radius 1 is 1.36 bits per heavy atom. The van der Waals surface area contributed by atoms with E-state index in [1.807, 2.05) is 0 Å². The first-order valence-corrected chi connectivity index (χ1v) is 6.77. The molecule has 1 atom stereocenters. The number of aromatic nitrogens is 4. The number of aryl methyl sites for hydroxylation is 1. The van der Waals surface area contributed by atoms with Gasteiger partial charge >= 0.3 is 11.7 Å². The minimum Gasteiger partial charge on any atom is -0.469 e. The van der Waals surface area contributed by atoms with Crippen LogP contribution >= 0.6 is 0 Å². The topological polar surface area (TPSA) is 97.4 Å². The lowest BCUT2D eigenvalue weighted by atomic mass is 10.2. The van der Waals surface area contributed by atoms with E-state index in [0.717, 1.165) is 4.57 Å². The molecule has 3 rings (SSSR count). The van der Waals surface area contributed by atoms with Crippen LogP contribution in [0.2, 0.25) is 0 Å². The number of nitrogens with zero attached hydrogens (tertiary/aromatic N) is 4. The summed E-state index contributed by atoms with van der Waals surface area (Å²) in [4.78, 5) is 40.0. The van der Waals surface area contributed by atoms with Crippen LogP contribution in [0, 0.1) is 0 Å². The van der Waals surface area contributed by atoms with E-state index in [1.165, 1.54) is 18.7 Å². The molecule has 0 fully saturated rings. The molecule has 0 radical (unpaired) electrons. The molecule has 0 saturated carbocycles. The van der Waals surface area contributed by atoms with Crippen molar-refractivity contribution in [3.05, 3.63) is 26.7 Å². The number of fused-ring (bicyclic) bond motifs is 3. The number of rotatable bonds is 2. The van der Waals surface area contributed by atoms with Crippen molar-refractivity contribution in [2.24, 2.45) is 14.1 Å². The molecule has 0 N–H and O–H groups in total. The minimum absolute atomic E-state index is 0.0989. The molecule has 1 unspecified atom stereocenters. The van der Waals surface area contributed by atoms with Crippen LogP contribution in [0.1, 0.15) is 12.2 Å². The highest BCUT2D eigenvalue weighted by atomic mass is 16.5. The van der Waals surface area contributed by atoms with Crippen LogP contribution in [0.25, 0.3) is 11.2 Å². The van der Waals surface area contributed by atoms with Crippen LogP contribution in [-0.4, -0.2) is 37.9 Å². The van der Waals surface area contributed by atoms with Gasteiger partial charge in [-0.15, -0.1) is 0 Å². The summed E-state index contributed by atoms with van der Waals surface area (Å²) in [6.45, 7) is 0.488. The number of methoxy groups -OCH3 is 1. The van der Waals surface area contributed by atoms with Crippen LogP contribution in [0.4, 0.5) is 0 Å². The van der Waals surface area contributed by atoms with E-state index in [0.29, 0.717) is 23.5 Å². The van der Waals surface area contributed by atoms with Gasteiger partial charge in [0.25, 0.3) is 5.56 Å². The summed E-state index contributed by atoms with van der Waals surface area (Å²) in [7, 11) is 4.31. The molecule has 0 bridgehead atoms. The predicted molar refractivity (Wildman–Crippen MR) is 75.4 cm³/mol. The van der Waals surface area contributed by atoms with Crippen molar-refractivity contribution >= 4 is 17.1 Å². The van der Waals surface area contributed by atoms with Gasteiger partial charge in [-0.2, -0.15) is 0 Å². The van der Waals surface area contributed by atoms with Crippen LogP contribution < -0.4 is 11.2 Å². The average molecular weight is 308 g/mol. The summed E-state index contributed by atoms with van der Waals surface area (Å²) in [5.74, 6) is 0.188. The number of carbonyl (C=O) groups excluding carboxylic acids is 1. The molecule has 3 heterocycles. The fourth-order valence-corrected chi connectivity index (χ4v) is 2.64. The predicted octanol–water partition coefficient (Wildman–Crippen LogP) is -1.10. The minimum atomic E-state index is -0.431. The summed E-state index contributed by atoms with van der Waals surface area (Å²) in [6, 6.07) is 0.